The zero-order valence-electron chi connectivity index (χ0n) is 16.9. The van der Waals surface area contributed by atoms with Crippen molar-refractivity contribution in [3.8, 4) is 17.1 Å². The number of halogens is 1. The summed E-state index contributed by atoms with van der Waals surface area (Å²) in [6, 6.07) is 18.3. The number of hydrogen-bond acceptors (Lipinski definition) is 6. The molecule has 0 atom stereocenters. The van der Waals surface area contributed by atoms with Crippen LogP contribution >= 0.6 is 23.4 Å². The largest absolute Gasteiger partial charge is 0.459 e. The molecule has 32 heavy (non-hydrogen) atoms. The fraction of sp³-hybridized carbons (Fsp3) is 0.0909. The lowest BCUT2D eigenvalue weighted by atomic mass is 10.1. The molecule has 2 heterocycles. The molecule has 0 aliphatic rings. The number of hydrogen-bond donors (Lipinski definition) is 2. The first-order chi connectivity index (χ1) is 15.5. The molecule has 2 aromatic carbocycles. The average Bonchev–Trinajstić information content (AvgIpc) is 3.48. The van der Waals surface area contributed by atoms with Crippen molar-refractivity contribution in [3.63, 3.8) is 0 Å². The number of aromatic nitrogens is 3. The Morgan fingerprint density at radius 1 is 1.03 bits per heavy atom. The van der Waals surface area contributed by atoms with Gasteiger partial charge in [-0.2, -0.15) is 0 Å². The van der Waals surface area contributed by atoms with Gasteiger partial charge < -0.3 is 4.42 Å². The predicted molar refractivity (Wildman–Crippen MR) is 122 cm³/mol. The number of nitrogens with zero attached hydrogens (tertiary/aromatic N) is 3. The Bertz CT molecular complexity index is 1220. The Morgan fingerprint density at radius 2 is 1.78 bits per heavy atom. The average molecular weight is 468 g/mol. The third-order valence-electron chi connectivity index (χ3n) is 4.42. The molecule has 4 aromatic rings. The van der Waals surface area contributed by atoms with E-state index in [1.54, 1.807) is 18.2 Å². The standard InChI is InChI=1S/C22H18ClN5O3S/c1-14-4-6-15(7-5-14)20-25-27-22(28(20)17-10-8-16(23)9-11-17)32-13-19(29)24-26-21(30)18-3-2-12-31-18/h2-12H,13H2,1H3,(H,24,29)(H,26,30). The van der Waals surface area contributed by atoms with Gasteiger partial charge in [0, 0.05) is 16.3 Å². The van der Waals surface area contributed by atoms with Crippen LogP contribution in [0.25, 0.3) is 17.1 Å². The fourth-order valence-corrected chi connectivity index (χ4v) is 3.72. The summed E-state index contributed by atoms with van der Waals surface area (Å²) < 4.78 is 6.84. The second kappa shape index (κ2) is 9.71. The highest BCUT2D eigenvalue weighted by atomic mass is 35.5. The lowest BCUT2D eigenvalue weighted by Crippen LogP contribution is -2.42. The normalized spacial score (nSPS) is 10.7. The molecule has 0 unspecified atom stereocenters. The molecule has 0 bridgehead atoms. The van der Waals surface area contributed by atoms with Crippen molar-refractivity contribution in [1.82, 2.24) is 25.6 Å². The minimum atomic E-state index is -0.542. The maximum absolute atomic E-state index is 12.2. The molecule has 0 spiro atoms. The third kappa shape index (κ3) is 5.01. The summed E-state index contributed by atoms with van der Waals surface area (Å²) in [7, 11) is 0. The van der Waals surface area contributed by atoms with Crippen molar-refractivity contribution >= 4 is 35.2 Å². The number of amides is 2. The van der Waals surface area contributed by atoms with Gasteiger partial charge in [0.15, 0.2) is 16.7 Å². The van der Waals surface area contributed by atoms with E-state index in [1.165, 1.54) is 24.1 Å². The van der Waals surface area contributed by atoms with Crippen molar-refractivity contribution in [1.29, 1.82) is 0 Å². The molecule has 2 amide bonds. The van der Waals surface area contributed by atoms with E-state index in [0.29, 0.717) is 16.0 Å². The van der Waals surface area contributed by atoms with Crippen molar-refractivity contribution in [2.45, 2.75) is 12.1 Å². The number of furan rings is 1. The van der Waals surface area contributed by atoms with Gasteiger partial charge in [0.2, 0.25) is 5.91 Å². The van der Waals surface area contributed by atoms with Crippen LogP contribution in [0.4, 0.5) is 0 Å². The maximum Gasteiger partial charge on any atom is 0.305 e. The first-order valence-electron chi connectivity index (χ1n) is 9.55. The van der Waals surface area contributed by atoms with E-state index >= 15 is 0 Å². The van der Waals surface area contributed by atoms with Gasteiger partial charge in [-0.1, -0.05) is 53.2 Å². The number of carbonyl (C=O) groups is 2. The summed E-state index contributed by atoms with van der Waals surface area (Å²) in [6.07, 6.45) is 1.38. The topological polar surface area (TPSA) is 102 Å². The van der Waals surface area contributed by atoms with Crippen LogP contribution in [0.15, 0.2) is 76.5 Å². The van der Waals surface area contributed by atoms with Gasteiger partial charge in [0.1, 0.15) is 0 Å². The number of benzene rings is 2. The molecule has 0 fully saturated rings. The van der Waals surface area contributed by atoms with Gasteiger partial charge in [-0.05, 0) is 43.3 Å². The van der Waals surface area contributed by atoms with Crippen molar-refractivity contribution in [2.24, 2.45) is 0 Å². The van der Waals surface area contributed by atoms with E-state index in [4.69, 9.17) is 16.0 Å². The summed E-state index contributed by atoms with van der Waals surface area (Å²) >= 11 is 7.24. The monoisotopic (exact) mass is 467 g/mol. The second-order valence-corrected chi connectivity index (χ2v) is 8.13. The summed E-state index contributed by atoms with van der Waals surface area (Å²) in [5, 5.41) is 9.76. The van der Waals surface area contributed by atoms with Crippen LogP contribution < -0.4 is 10.9 Å². The van der Waals surface area contributed by atoms with Crippen molar-refractivity contribution in [3.05, 3.63) is 83.3 Å². The molecule has 0 saturated carbocycles. The van der Waals surface area contributed by atoms with E-state index in [9.17, 15) is 9.59 Å². The van der Waals surface area contributed by atoms with Gasteiger partial charge in [-0.3, -0.25) is 25.0 Å². The molecular formula is C22H18ClN5O3S. The van der Waals surface area contributed by atoms with E-state index in [1.807, 2.05) is 47.9 Å². The first-order valence-corrected chi connectivity index (χ1v) is 10.9. The highest BCUT2D eigenvalue weighted by Gasteiger charge is 2.18. The highest BCUT2D eigenvalue weighted by molar-refractivity contribution is 7.99. The maximum atomic E-state index is 12.2. The van der Waals surface area contributed by atoms with Gasteiger partial charge in [-0.25, -0.2) is 0 Å². The molecule has 2 N–H and O–H groups in total. The van der Waals surface area contributed by atoms with Crippen LogP contribution in [-0.4, -0.2) is 32.3 Å². The lowest BCUT2D eigenvalue weighted by molar-refractivity contribution is -0.119. The van der Waals surface area contributed by atoms with E-state index in [0.717, 1.165) is 16.8 Å². The van der Waals surface area contributed by atoms with Crippen LogP contribution in [0, 0.1) is 6.92 Å². The Labute approximate surface area is 193 Å². The zero-order valence-corrected chi connectivity index (χ0v) is 18.5. The molecule has 0 aliphatic heterocycles. The van der Waals surface area contributed by atoms with E-state index < -0.39 is 11.8 Å². The second-order valence-electron chi connectivity index (χ2n) is 6.75. The van der Waals surface area contributed by atoms with Crippen molar-refractivity contribution < 1.29 is 14.0 Å². The summed E-state index contributed by atoms with van der Waals surface area (Å²) in [5.41, 5.74) is 7.50. The van der Waals surface area contributed by atoms with Gasteiger partial charge in [-0.15, -0.1) is 10.2 Å². The van der Waals surface area contributed by atoms with E-state index in [2.05, 4.69) is 21.0 Å². The third-order valence-corrected chi connectivity index (χ3v) is 5.60. The minimum absolute atomic E-state index is 0.0120. The molecule has 162 valence electrons. The quantitative estimate of drug-likeness (QED) is 0.328. The van der Waals surface area contributed by atoms with Gasteiger partial charge in [0.25, 0.3) is 0 Å². The van der Waals surface area contributed by atoms with Crippen LogP contribution in [0.3, 0.4) is 0 Å². The summed E-state index contributed by atoms with van der Waals surface area (Å²) in [4.78, 5) is 24.1. The zero-order chi connectivity index (χ0) is 22.5. The SMILES string of the molecule is Cc1ccc(-c2nnc(SCC(=O)NNC(=O)c3ccco3)n2-c2ccc(Cl)cc2)cc1. The number of thioether (sulfide) groups is 1. The van der Waals surface area contributed by atoms with Gasteiger partial charge in [0.05, 0.1) is 12.0 Å². The Hall–Kier alpha value is -3.56. The molecule has 4 rings (SSSR count). The molecule has 10 heteroatoms. The number of carbonyl (C=O) groups excluding carboxylic acids is 2. The minimum Gasteiger partial charge on any atom is -0.459 e. The number of nitrogens with one attached hydrogen (secondary N) is 2. The molecule has 0 aliphatic carbocycles. The predicted octanol–water partition coefficient (Wildman–Crippen LogP) is 4.04. The van der Waals surface area contributed by atoms with Crippen LogP contribution in [0.2, 0.25) is 5.02 Å². The lowest BCUT2D eigenvalue weighted by Gasteiger charge is -2.11. The summed E-state index contributed by atoms with van der Waals surface area (Å²) in [6.45, 7) is 2.01. The smallest absolute Gasteiger partial charge is 0.305 e. The van der Waals surface area contributed by atoms with Crippen LogP contribution in [0.5, 0.6) is 0 Å². The van der Waals surface area contributed by atoms with Crippen molar-refractivity contribution in [2.75, 3.05) is 5.75 Å². The Morgan fingerprint density at radius 3 is 2.47 bits per heavy atom. The van der Waals surface area contributed by atoms with Gasteiger partial charge >= 0.3 is 5.91 Å². The first kappa shape index (κ1) is 21.7. The number of aryl methyl sites for hydroxylation is 1. The van der Waals surface area contributed by atoms with Crippen LogP contribution in [-0.2, 0) is 4.79 Å². The Balaban J connectivity index is 1.51. The Kier molecular flexibility index (Phi) is 6.58. The van der Waals surface area contributed by atoms with Crippen LogP contribution in [0.1, 0.15) is 16.1 Å². The fourth-order valence-electron chi connectivity index (χ4n) is 2.84. The molecule has 0 saturated heterocycles. The number of rotatable bonds is 6. The highest BCUT2D eigenvalue weighted by Crippen LogP contribution is 2.28. The molecular weight excluding hydrogens is 450 g/mol. The summed E-state index contributed by atoms with van der Waals surface area (Å²) in [5.74, 6) is -0.195. The molecule has 0 radical (unpaired) electrons. The molecule has 8 nitrogen and oxygen atoms in total. The number of hydrazine groups is 1. The molecule has 2 aromatic heterocycles. The van der Waals surface area contributed by atoms with E-state index in [-0.39, 0.29) is 11.5 Å².